The Balaban J connectivity index is 0.00000243. The van der Waals surface area contributed by atoms with Gasteiger partial charge in [0.25, 0.3) is 0 Å². The van der Waals surface area contributed by atoms with Gasteiger partial charge in [-0.05, 0) is 49.1 Å². The van der Waals surface area contributed by atoms with Crippen molar-refractivity contribution in [1.82, 2.24) is 15.6 Å². The van der Waals surface area contributed by atoms with Crippen LogP contribution < -0.4 is 15.5 Å². The molecular weight excluding hydrogens is 457 g/mol. The Morgan fingerprint density at radius 2 is 1.88 bits per heavy atom. The third-order valence-corrected chi connectivity index (χ3v) is 5.65. The van der Waals surface area contributed by atoms with Crippen molar-refractivity contribution in [3.05, 3.63) is 45.8 Å². The highest BCUT2D eigenvalue weighted by molar-refractivity contribution is 14.0. The fraction of sp³-hybridized carbons (Fsp3) is 0.474. The van der Waals surface area contributed by atoms with Crippen molar-refractivity contribution in [3.63, 3.8) is 0 Å². The molecule has 3 rings (SSSR count). The Morgan fingerprint density at radius 1 is 1.15 bits per heavy atom. The monoisotopic (exact) mass is 485 g/mol. The Labute approximate surface area is 177 Å². The molecule has 1 aliphatic rings. The van der Waals surface area contributed by atoms with Gasteiger partial charge in [0, 0.05) is 42.6 Å². The average Bonchev–Trinajstić information content (AvgIpc) is 3.34. The maximum atomic E-state index is 4.51. The van der Waals surface area contributed by atoms with E-state index in [-0.39, 0.29) is 24.0 Å². The number of aromatic nitrogens is 1. The first-order valence-corrected chi connectivity index (χ1v) is 9.82. The van der Waals surface area contributed by atoms with Crippen LogP contribution in [0.1, 0.15) is 35.1 Å². The number of nitrogens with one attached hydrogen (secondary N) is 2. The van der Waals surface area contributed by atoms with Crippen LogP contribution in [0.4, 0.5) is 5.82 Å². The van der Waals surface area contributed by atoms with E-state index in [1.54, 1.807) is 0 Å². The number of thiophene rings is 1. The molecule has 2 aromatic rings. The standard InChI is InChI=1S/C19H27N5S.HI/c1-3-16-6-7-17(25-16)14-23-19(20-2)22-13-15-8-9-21-18(12-15)24-10-4-5-11-24;/h6-9,12H,3-5,10-11,13-14H2,1-2H3,(H2,20,22,23);1H. The molecule has 5 nitrogen and oxygen atoms in total. The first kappa shape index (κ1) is 21.0. The Morgan fingerprint density at radius 3 is 2.58 bits per heavy atom. The maximum Gasteiger partial charge on any atom is 0.191 e. The zero-order chi connectivity index (χ0) is 17.5. The van der Waals surface area contributed by atoms with Crippen molar-refractivity contribution in [2.75, 3.05) is 25.0 Å². The molecular formula is C19H28IN5S. The van der Waals surface area contributed by atoms with Gasteiger partial charge in [0.15, 0.2) is 5.96 Å². The Kier molecular flexibility index (Phi) is 8.64. The summed E-state index contributed by atoms with van der Waals surface area (Å²) in [5.41, 5.74) is 1.23. The van der Waals surface area contributed by atoms with Gasteiger partial charge in [-0.1, -0.05) is 6.92 Å². The molecule has 26 heavy (non-hydrogen) atoms. The molecule has 2 aromatic heterocycles. The van der Waals surface area contributed by atoms with Gasteiger partial charge in [-0.3, -0.25) is 4.99 Å². The predicted molar refractivity (Wildman–Crippen MR) is 122 cm³/mol. The number of hydrogen-bond acceptors (Lipinski definition) is 4. The first-order chi connectivity index (χ1) is 12.3. The van der Waals surface area contributed by atoms with E-state index in [1.807, 2.05) is 24.6 Å². The highest BCUT2D eigenvalue weighted by atomic mass is 127. The van der Waals surface area contributed by atoms with E-state index in [9.17, 15) is 0 Å². The summed E-state index contributed by atoms with van der Waals surface area (Å²) >= 11 is 1.86. The molecule has 1 fully saturated rings. The summed E-state index contributed by atoms with van der Waals surface area (Å²) in [6.07, 6.45) is 5.53. The van der Waals surface area contributed by atoms with Crippen LogP contribution in [-0.4, -0.2) is 31.1 Å². The highest BCUT2D eigenvalue weighted by Crippen LogP contribution is 2.18. The van der Waals surface area contributed by atoms with Crippen molar-refractivity contribution in [1.29, 1.82) is 0 Å². The minimum Gasteiger partial charge on any atom is -0.357 e. The van der Waals surface area contributed by atoms with Gasteiger partial charge in [-0.25, -0.2) is 4.98 Å². The van der Waals surface area contributed by atoms with Crippen LogP contribution in [0.3, 0.4) is 0 Å². The second-order valence-corrected chi connectivity index (χ2v) is 7.47. The second kappa shape index (κ2) is 10.7. The molecule has 0 atom stereocenters. The van der Waals surface area contributed by atoms with E-state index in [0.717, 1.165) is 44.4 Å². The SMILES string of the molecule is CCc1ccc(CNC(=NC)NCc2ccnc(N3CCCC3)c2)s1.I. The molecule has 0 amide bonds. The van der Waals surface area contributed by atoms with E-state index in [1.165, 1.54) is 28.2 Å². The number of anilines is 1. The molecule has 0 aromatic carbocycles. The topological polar surface area (TPSA) is 52.6 Å². The van der Waals surface area contributed by atoms with Crippen molar-refractivity contribution in [2.45, 2.75) is 39.3 Å². The Bertz CT molecular complexity index is 709. The summed E-state index contributed by atoms with van der Waals surface area (Å²) in [4.78, 5) is 13.9. The van der Waals surface area contributed by atoms with Crippen molar-refractivity contribution in [3.8, 4) is 0 Å². The molecule has 0 saturated carbocycles. The molecule has 0 unspecified atom stereocenters. The van der Waals surface area contributed by atoms with Crippen LogP contribution in [0, 0.1) is 0 Å². The largest absolute Gasteiger partial charge is 0.357 e. The lowest BCUT2D eigenvalue weighted by Gasteiger charge is -2.17. The summed E-state index contributed by atoms with van der Waals surface area (Å²) in [5, 5.41) is 6.78. The van der Waals surface area contributed by atoms with Gasteiger partial charge in [-0.15, -0.1) is 35.3 Å². The molecule has 0 spiro atoms. The van der Waals surface area contributed by atoms with Gasteiger partial charge in [0.2, 0.25) is 0 Å². The number of pyridine rings is 1. The summed E-state index contributed by atoms with van der Waals surface area (Å²) in [6.45, 7) is 5.98. The minimum atomic E-state index is 0. The summed E-state index contributed by atoms with van der Waals surface area (Å²) < 4.78 is 0. The van der Waals surface area contributed by atoms with Crippen LogP contribution in [-0.2, 0) is 19.5 Å². The molecule has 0 radical (unpaired) electrons. The third kappa shape index (κ3) is 5.84. The van der Waals surface area contributed by atoms with Crippen molar-refractivity contribution >= 4 is 47.1 Å². The molecule has 7 heteroatoms. The lowest BCUT2D eigenvalue weighted by atomic mass is 10.2. The molecule has 2 N–H and O–H groups in total. The molecule has 0 aliphatic carbocycles. The van der Waals surface area contributed by atoms with Crippen LogP contribution in [0.15, 0.2) is 35.5 Å². The van der Waals surface area contributed by atoms with Gasteiger partial charge < -0.3 is 15.5 Å². The predicted octanol–water partition coefficient (Wildman–Crippen LogP) is 3.79. The maximum absolute atomic E-state index is 4.51. The van der Waals surface area contributed by atoms with Gasteiger partial charge in [-0.2, -0.15) is 0 Å². The smallest absolute Gasteiger partial charge is 0.191 e. The third-order valence-electron chi connectivity index (χ3n) is 4.42. The fourth-order valence-electron chi connectivity index (χ4n) is 2.97. The van der Waals surface area contributed by atoms with Gasteiger partial charge >= 0.3 is 0 Å². The minimum absolute atomic E-state index is 0. The normalized spacial score (nSPS) is 14.2. The van der Waals surface area contributed by atoms with E-state index in [2.05, 4.69) is 56.7 Å². The lowest BCUT2D eigenvalue weighted by Crippen LogP contribution is -2.36. The first-order valence-electron chi connectivity index (χ1n) is 9.00. The van der Waals surface area contributed by atoms with E-state index < -0.39 is 0 Å². The van der Waals surface area contributed by atoms with E-state index in [4.69, 9.17) is 0 Å². The average molecular weight is 485 g/mol. The number of nitrogens with zero attached hydrogens (tertiary/aromatic N) is 3. The van der Waals surface area contributed by atoms with Crippen LogP contribution in [0.25, 0.3) is 0 Å². The number of aryl methyl sites for hydroxylation is 1. The van der Waals surface area contributed by atoms with Gasteiger partial charge in [0.05, 0.1) is 6.54 Å². The molecule has 1 aliphatic heterocycles. The number of halogens is 1. The number of guanidine groups is 1. The van der Waals surface area contributed by atoms with Crippen LogP contribution in [0.2, 0.25) is 0 Å². The molecule has 3 heterocycles. The Hall–Kier alpha value is -1.35. The van der Waals surface area contributed by atoms with Crippen molar-refractivity contribution < 1.29 is 0 Å². The quantitative estimate of drug-likeness (QED) is 0.372. The van der Waals surface area contributed by atoms with E-state index in [0.29, 0.717) is 0 Å². The number of aliphatic imine (C=N–C) groups is 1. The lowest BCUT2D eigenvalue weighted by molar-refractivity contribution is 0.813. The molecule has 0 bridgehead atoms. The number of hydrogen-bond donors (Lipinski definition) is 2. The van der Waals surface area contributed by atoms with Gasteiger partial charge in [0.1, 0.15) is 5.82 Å². The zero-order valence-corrected chi connectivity index (χ0v) is 18.6. The van der Waals surface area contributed by atoms with Crippen LogP contribution >= 0.6 is 35.3 Å². The molecule has 1 saturated heterocycles. The second-order valence-electron chi connectivity index (χ2n) is 6.22. The zero-order valence-electron chi connectivity index (χ0n) is 15.5. The molecule has 142 valence electrons. The summed E-state index contributed by atoms with van der Waals surface area (Å²) in [7, 11) is 1.81. The highest BCUT2D eigenvalue weighted by Gasteiger charge is 2.13. The summed E-state index contributed by atoms with van der Waals surface area (Å²) in [6, 6.07) is 8.63. The number of rotatable bonds is 6. The fourth-order valence-corrected chi connectivity index (χ4v) is 3.87. The summed E-state index contributed by atoms with van der Waals surface area (Å²) in [5.74, 6) is 1.91. The van der Waals surface area contributed by atoms with Crippen molar-refractivity contribution in [2.24, 2.45) is 4.99 Å². The van der Waals surface area contributed by atoms with Crippen LogP contribution in [0.5, 0.6) is 0 Å². The van der Waals surface area contributed by atoms with E-state index >= 15 is 0 Å².